The van der Waals surface area contributed by atoms with Gasteiger partial charge in [0.1, 0.15) is 0 Å². The summed E-state index contributed by atoms with van der Waals surface area (Å²) in [5, 5.41) is 8.94. The lowest BCUT2D eigenvalue weighted by molar-refractivity contribution is -0.139. The third kappa shape index (κ3) is 8.05. The summed E-state index contributed by atoms with van der Waals surface area (Å²) >= 11 is 0. The minimum atomic E-state index is -0.520. The Morgan fingerprint density at radius 3 is 2.40 bits per heavy atom. The van der Waals surface area contributed by atoms with Gasteiger partial charge in [-0.1, -0.05) is 69.3 Å². The van der Waals surface area contributed by atoms with Crippen molar-refractivity contribution < 1.29 is 19.4 Å². The molecule has 4 heteroatoms. The molecule has 1 saturated carbocycles. The number of hydrogen-bond acceptors (Lipinski definition) is 4. The summed E-state index contributed by atoms with van der Waals surface area (Å²) < 4.78 is 11.2. The first kappa shape index (κ1) is 27.2. The van der Waals surface area contributed by atoms with E-state index in [1.54, 1.807) is 0 Å². The third-order valence-corrected chi connectivity index (χ3v) is 7.09. The normalized spacial score (nSPS) is 17.8. The van der Waals surface area contributed by atoms with Gasteiger partial charge in [-0.15, -0.1) is 0 Å². The first-order valence-corrected chi connectivity index (χ1v) is 13.3. The smallest absolute Gasteiger partial charge is 0.335 e. The molecular formula is C31H42O4. The first-order valence-electron chi connectivity index (χ1n) is 13.3. The highest BCUT2D eigenvalue weighted by atomic mass is 16.5. The lowest BCUT2D eigenvalue weighted by atomic mass is 9.82. The maximum Gasteiger partial charge on any atom is 0.335 e. The summed E-state index contributed by atoms with van der Waals surface area (Å²) in [6.07, 6.45) is 10.2. The zero-order valence-electron chi connectivity index (χ0n) is 21.6. The molecule has 35 heavy (non-hydrogen) atoms. The molecule has 0 amide bonds. The van der Waals surface area contributed by atoms with Crippen molar-refractivity contribution in [3.05, 3.63) is 71.3 Å². The average molecular weight is 479 g/mol. The molecule has 2 aromatic rings. The molecule has 0 saturated heterocycles. The lowest BCUT2D eigenvalue weighted by Crippen LogP contribution is -2.21. The number of hydrogen-bond donors (Lipinski definition) is 1. The summed E-state index contributed by atoms with van der Waals surface area (Å²) in [6, 6.07) is 15.9. The number of aryl methyl sites for hydroxylation is 2. The molecule has 0 spiro atoms. The quantitative estimate of drug-likeness (QED) is 0.196. The Morgan fingerprint density at radius 1 is 1.00 bits per heavy atom. The standard InChI is InChI=1S/C31H42O4/c1-4-6-19-34-29-16-14-27(15-17-29)26-10-12-28(13-11-26)30-18-9-24(21-25(30)5-2)8-7-20-35-31(33)23(3)22-32/h9-13,18,21,27,29,32H,3-8,14-17,19-20,22H2,1-2H3. The number of unbranched alkanes of at least 4 members (excludes halogenated alkanes) is 1. The molecule has 1 aliphatic carbocycles. The molecule has 0 aliphatic heterocycles. The molecule has 1 N–H and O–H groups in total. The third-order valence-electron chi connectivity index (χ3n) is 7.09. The van der Waals surface area contributed by atoms with E-state index in [4.69, 9.17) is 14.6 Å². The summed E-state index contributed by atoms with van der Waals surface area (Å²) in [5.74, 6) is 0.126. The van der Waals surface area contributed by atoms with E-state index in [0.717, 1.165) is 25.9 Å². The largest absolute Gasteiger partial charge is 0.462 e. The van der Waals surface area contributed by atoms with Gasteiger partial charge < -0.3 is 14.6 Å². The zero-order valence-corrected chi connectivity index (χ0v) is 21.6. The Kier molecular flexibility index (Phi) is 11.0. The minimum absolute atomic E-state index is 0.0951. The Hall–Kier alpha value is -2.43. The highest BCUT2D eigenvalue weighted by Crippen LogP contribution is 2.35. The molecule has 0 bridgehead atoms. The maximum atomic E-state index is 11.6. The van der Waals surface area contributed by atoms with E-state index in [9.17, 15) is 4.79 Å². The molecular weight excluding hydrogens is 436 g/mol. The van der Waals surface area contributed by atoms with Crippen molar-refractivity contribution in [3.8, 4) is 11.1 Å². The van der Waals surface area contributed by atoms with Gasteiger partial charge in [-0.2, -0.15) is 0 Å². The van der Waals surface area contributed by atoms with Crippen LogP contribution < -0.4 is 0 Å². The van der Waals surface area contributed by atoms with Gasteiger partial charge in [0, 0.05) is 6.61 Å². The fraction of sp³-hybridized carbons (Fsp3) is 0.516. The van der Waals surface area contributed by atoms with Gasteiger partial charge in [0.2, 0.25) is 0 Å². The maximum absolute atomic E-state index is 11.6. The number of rotatable bonds is 13. The fourth-order valence-corrected chi connectivity index (χ4v) is 4.88. The van der Waals surface area contributed by atoms with Crippen molar-refractivity contribution in [3.63, 3.8) is 0 Å². The monoisotopic (exact) mass is 478 g/mol. The van der Waals surface area contributed by atoms with Crippen LogP contribution >= 0.6 is 0 Å². The highest BCUT2D eigenvalue weighted by molar-refractivity contribution is 5.87. The van der Waals surface area contributed by atoms with Crippen molar-refractivity contribution in [1.29, 1.82) is 0 Å². The van der Waals surface area contributed by atoms with Crippen LogP contribution in [0.1, 0.15) is 81.4 Å². The molecule has 0 unspecified atom stereocenters. The minimum Gasteiger partial charge on any atom is -0.462 e. The molecule has 0 aromatic heterocycles. The fourth-order valence-electron chi connectivity index (χ4n) is 4.88. The Morgan fingerprint density at radius 2 is 1.74 bits per heavy atom. The van der Waals surface area contributed by atoms with Gasteiger partial charge in [-0.05, 0) is 85.1 Å². The van der Waals surface area contributed by atoms with Gasteiger partial charge in [-0.3, -0.25) is 0 Å². The van der Waals surface area contributed by atoms with Gasteiger partial charge in [-0.25, -0.2) is 4.79 Å². The summed E-state index contributed by atoms with van der Waals surface area (Å²) in [6.45, 7) is 8.77. The number of carbonyl (C=O) groups is 1. The number of aliphatic hydroxyl groups excluding tert-OH is 1. The van der Waals surface area contributed by atoms with E-state index in [1.807, 2.05) is 0 Å². The second-order valence-corrected chi connectivity index (χ2v) is 9.67. The molecule has 2 aromatic carbocycles. The van der Waals surface area contributed by atoms with Crippen LogP contribution in [0.4, 0.5) is 0 Å². The van der Waals surface area contributed by atoms with Crippen molar-refractivity contribution in [1.82, 2.24) is 0 Å². The van der Waals surface area contributed by atoms with E-state index in [2.05, 4.69) is 62.9 Å². The molecule has 0 heterocycles. The highest BCUT2D eigenvalue weighted by Gasteiger charge is 2.22. The lowest BCUT2D eigenvalue weighted by Gasteiger charge is -2.29. The molecule has 1 aliphatic rings. The Labute approximate surface area is 211 Å². The second-order valence-electron chi connectivity index (χ2n) is 9.67. The van der Waals surface area contributed by atoms with Crippen LogP contribution in [-0.4, -0.2) is 37.0 Å². The molecule has 190 valence electrons. The number of esters is 1. The van der Waals surface area contributed by atoms with E-state index < -0.39 is 5.97 Å². The molecule has 3 rings (SSSR count). The van der Waals surface area contributed by atoms with Crippen LogP contribution in [0.15, 0.2) is 54.6 Å². The van der Waals surface area contributed by atoms with Crippen molar-refractivity contribution >= 4 is 5.97 Å². The van der Waals surface area contributed by atoms with Gasteiger partial charge in [0.05, 0.1) is 24.9 Å². The molecule has 0 radical (unpaired) electrons. The second kappa shape index (κ2) is 14.2. The van der Waals surface area contributed by atoms with Crippen molar-refractivity contribution in [2.75, 3.05) is 19.8 Å². The van der Waals surface area contributed by atoms with E-state index in [0.29, 0.717) is 18.6 Å². The van der Waals surface area contributed by atoms with Gasteiger partial charge in [0.15, 0.2) is 0 Å². The molecule has 0 atom stereocenters. The summed E-state index contributed by atoms with van der Waals surface area (Å²) in [4.78, 5) is 11.6. The van der Waals surface area contributed by atoms with Crippen molar-refractivity contribution in [2.24, 2.45) is 0 Å². The van der Waals surface area contributed by atoms with Gasteiger partial charge in [0.25, 0.3) is 0 Å². The number of ether oxygens (including phenoxy) is 2. The SMILES string of the molecule is C=C(CO)C(=O)OCCCc1ccc(-c2ccc(C3CCC(OCCCC)CC3)cc2)c(CC)c1. The Balaban J connectivity index is 1.54. The number of aliphatic hydroxyl groups is 1. The Bertz CT molecular complexity index is 939. The van der Waals surface area contributed by atoms with Crippen molar-refractivity contribution in [2.45, 2.75) is 83.7 Å². The van der Waals surface area contributed by atoms with Crippen LogP contribution in [0.3, 0.4) is 0 Å². The van der Waals surface area contributed by atoms with E-state index >= 15 is 0 Å². The zero-order chi connectivity index (χ0) is 25.0. The van der Waals surface area contributed by atoms with Crippen LogP contribution in [0.5, 0.6) is 0 Å². The number of carbonyl (C=O) groups excluding carboxylic acids is 1. The van der Waals surface area contributed by atoms with Crippen LogP contribution in [-0.2, 0) is 27.1 Å². The number of benzene rings is 2. The first-order chi connectivity index (χ1) is 17.0. The van der Waals surface area contributed by atoms with E-state index in [1.165, 1.54) is 66.3 Å². The predicted octanol–water partition coefficient (Wildman–Crippen LogP) is 6.78. The van der Waals surface area contributed by atoms with E-state index in [-0.39, 0.29) is 12.2 Å². The summed E-state index contributed by atoms with van der Waals surface area (Å²) in [7, 11) is 0. The average Bonchev–Trinajstić information content (AvgIpc) is 2.91. The molecule has 1 fully saturated rings. The van der Waals surface area contributed by atoms with Gasteiger partial charge >= 0.3 is 5.97 Å². The van der Waals surface area contributed by atoms with Crippen LogP contribution in [0.25, 0.3) is 11.1 Å². The predicted molar refractivity (Wildman–Crippen MR) is 143 cm³/mol. The topological polar surface area (TPSA) is 55.8 Å². The van der Waals surface area contributed by atoms with Crippen LogP contribution in [0, 0.1) is 0 Å². The summed E-state index contributed by atoms with van der Waals surface area (Å²) in [5.41, 5.74) is 6.70. The van der Waals surface area contributed by atoms with Crippen LogP contribution in [0.2, 0.25) is 0 Å². The molecule has 4 nitrogen and oxygen atoms in total.